The molecule has 0 atom stereocenters. The van der Waals surface area contributed by atoms with E-state index in [9.17, 15) is 8.42 Å². The Hall–Kier alpha value is -1.31. The highest BCUT2D eigenvalue weighted by atomic mass is 32.2. The van der Waals surface area contributed by atoms with Crippen molar-refractivity contribution in [2.75, 3.05) is 40.4 Å². The van der Waals surface area contributed by atoms with Crippen LogP contribution in [0.2, 0.25) is 0 Å². The van der Waals surface area contributed by atoms with Gasteiger partial charge in [0.1, 0.15) is 0 Å². The van der Waals surface area contributed by atoms with Crippen molar-refractivity contribution in [2.45, 2.75) is 25.2 Å². The largest absolute Gasteiger partial charge is 0.493 e. The van der Waals surface area contributed by atoms with E-state index in [2.05, 4.69) is 18.6 Å². The summed E-state index contributed by atoms with van der Waals surface area (Å²) < 4.78 is 37.4. The summed E-state index contributed by atoms with van der Waals surface area (Å²) in [5.41, 5.74) is 0. The van der Waals surface area contributed by atoms with E-state index in [4.69, 9.17) is 9.47 Å². The highest BCUT2D eigenvalue weighted by Gasteiger charge is 2.16. The van der Waals surface area contributed by atoms with Crippen LogP contribution in [-0.2, 0) is 10.0 Å². The Kier molecular flexibility index (Phi) is 7.64. The molecular weight excluding hydrogens is 304 g/mol. The third-order valence-corrected chi connectivity index (χ3v) is 5.12. The topological polar surface area (TPSA) is 69.1 Å². The first-order valence-corrected chi connectivity index (χ1v) is 9.02. The van der Waals surface area contributed by atoms with Crippen LogP contribution < -0.4 is 19.1 Å². The van der Waals surface area contributed by atoms with Gasteiger partial charge in [-0.25, -0.2) is 13.1 Å². The summed E-state index contributed by atoms with van der Waals surface area (Å²) in [6.07, 6.45) is 0.809. The van der Waals surface area contributed by atoms with Crippen LogP contribution in [0.15, 0.2) is 23.1 Å². The van der Waals surface area contributed by atoms with E-state index in [0.29, 0.717) is 18.0 Å². The zero-order chi connectivity index (χ0) is 16.6. The number of rotatable bonds is 10. The second-order valence-corrected chi connectivity index (χ2v) is 6.74. The van der Waals surface area contributed by atoms with Gasteiger partial charge in [0, 0.05) is 19.0 Å². The fourth-order valence-electron chi connectivity index (χ4n) is 2.22. The molecule has 0 aromatic heterocycles. The molecule has 0 aliphatic heterocycles. The minimum absolute atomic E-state index is 0.181. The molecule has 0 bridgehead atoms. The second-order valence-electron chi connectivity index (χ2n) is 4.98. The molecule has 1 rings (SSSR count). The number of benzene rings is 1. The fraction of sp³-hybridized carbons (Fsp3) is 0.600. The lowest BCUT2D eigenvalue weighted by Gasteiger charge is -2.15. The van der Waals surface area contributed by atoms with Gasteiger partial charge in [-0.3, -0.25) is 0 Å². The van der Waals surface area contributed by atoms with E-state index >= 15 is 0 Å². The van der Waals surface area contributed by atoms with Crippen molar-refractivity contribution in [3.63, 3.8) is 0 Å². The smallest absolute Gasteiger partial charge is 0.240 e. The molecule has 0 fully saturated rings. The average Bonchev–Trinajstić information content (AvgIpc) is 2.54. The molecule has 0 saturated carbocycles. The minimum Gasteiger partial charge on any atom is -0.493 e. The molecule has 0 heterocycles. The van der Waals surface area contributed by atoms with Gasteiger partial charge in [-0.05, 0) is 26.0 Å². The van der Waals surface area contributed by atoms with Crippen molar-refractivity contribution in [2.24, 2.45) is 0 Å². The van der Waals surface area contributed by atoms with Crippen LogP contribution in [0.4, 0.5) is 0 Å². The molecule has 0 aliphatic rings. The van der Waals surface area contributed by atoms with E-state index in [-0.39, 0.29) is 4.90 Å². The number of nitrogens with one attached hydrogen (secondary N) is 2. The first kappa shape index (κ1) is 18.7. The van der Waals surface area contributed by atoms with Crippen LogP contribution >= 0.6 is 0 Å². The van der Waals surface area contributed by atoms with Gasteiger partial charge in [0.25, 0.3) is 0 Å². The molecule has 22 heavy (non-hydrogen) atoms. The summed E-state index contributed by atoms with van der Waals surface area (Å²) in [6.45, 7) is 7.76. The summed E-state index contributed by atoms with van der Waals surface area (Å²) in [5, 5.41) is 0. The van der Waals surface area contributed by atoms with E-state index in [0.717, 1.165) is 26.1 Å². The van der Waals surface area contributed by atoms with E-state index < -0.39 is 10.0 Å². The van der Waals surface area contributed by atoms with E-state index in [1.165, 1.54) is 31.3 Å². The van der Waals surface area contributed by atoms with Crippen molar-refractivity contribution in [3.8, 4) is 11.5 Å². The summed E-state index contributed by atoms with van der Waals surface area (Å²) in [7, 11) is -0.530. The zero-order valence-electron chi connectivity index (χ0n) is 13.8. The van der Waals surface area contributed by atoms with Gasteiger partial charge in [0.2, 0.25) is 10.0 Å². The number of methoxy groups -OCH3 is 2. The molecule has 0 unspecified atom stereocenters. The molecule has 0 radical (unpaired) electrons. The molecule has 0 aliphatic carbocycles. The predicted octanol–water partition coefficient (Wildman–Crippen LogP) is 0.297. The van der Waals surface area contributed by atoms with Crippen LogP contribution in [0.1, 0.15) is 20.3 Å². The van der Waals surface area contributed by atoms with Crippen LogP contribution in [0.3, 0.4) is 0 Å². The molecule has 1 aromatic carbocycles. The lowest BCUT2D eigenvalue weighted by molar-refractivity contribution is -0.896. The molecule has 7 heteroatoms. The van der Waals surface area contributed by atoms with Crippen molar-refractivity contribution < 1.29 is 22.8 Å². The summed E-state index contributed by atoms with van der Waals surface area (Å²) >= 11 is 0. The molecule has 6 nitrogen and oxygen atoms in total. The number of hydrogen-bond acceptors (Lipinski definition) is 4. The van der Waals surface area contributed by atoms with Crippen molar-refractivity contribution in [1.29, 1.82) is 0 Å². The molecule has 1 aromatic rings. The summed E-state index contributed by atoms with van der Waals surface area (Å²) in [6, 6.07) is 4.57. The summed E-state index contributed by atoms with van der Waals surface area (Å²) in [5.74, 6) is 0.907. The predicted molar refractivity (Wildman–Crippen MR) is 86.3 cm³/mol. The Morgan fingerprint density at radius 3 is 2.27 bits per heavy atom. The number of quaternary nitrogens is 1. The van der Waals surface area contributed by atoms with Gasteiger partial charge in [-0.2, -0.15) is 0 Å². The normalized spacial score (nSPS) is 11.7. The maximum Gasteiger partial charge on any atom is 0.240 e. The van der Waals surface area contributed by atoms with E-state index in [1.54, 1.807) is 6.07 Å². The highest BCUT2D eigenvalue weighted by molar-refractivity contribution is 7.89. The highest BCUT2D eigenvalue weighted by Crippen LogP contribution is 2.29. The van der Waals surface area contributed by atoms with Crippen molar-refractivity contribution in [3.05, 3.63) is 18.2 Å². The van der Waals surface area contributed by atoms with Crippen LogP contribution in [0.5, 0.6) is 11.5 Å². The van der Waals surface area contributed by atoms with Gasteiger partial charge in [-0.15, -0.1) is 0 Å². The molecule has 0 spiro atoms. The number of ether oxygens (including phenoxy) is 2. The van der Waals surface area contributed by atoms with Gasteiger partial charge < -0.3 is 14.4 Å². The minimum atomic E-state index is -3.52. The van der Waals surface area contributed by atoms with Gasteiger partial charge >= 0.3 is 0 Å². The number of sulfonamides is 1. The van der Waals surface area contributed by atoms with Gasteiger partial charge in [0.05, 0.1) is 38.7 Å². The Morgan fingerprint density at radius 2 is 1.73 bits per heavy atom. The van der Waals surface area contributed by atoms with Gasteiger partial charge in [-0.1, -0.05) is 0 Å². The van der Waals surface area contributed by atoms with E-state index in [1.807, 2.05) is 0 Å². The third kappa shape index (κ3) is 5.15. The van der Waals surface area contributed by atoms with Crippen LogP contribution in [0.25, 0.3) is 0 Å². The fourth-order valence-corrected chi connectivity index (χ4v) is 3.30. The summed E-state index contributed by atoms with van der Waals surface area (Å²) in [4.78, 5) is 1.64. The molecular formula is C15H27N2O4S+. The Bertz CT molecular complexity index is 557. The lowest BCUT2D eigenvalue weighted by Crippen LogP contribution is -3.11. The first-order valence-electron chi connectivity index (χ1n) is 7.53. The number of hydrogen-bond donors (Lipinski definition) is 2. The Labute approximate surface area is 133 Å². The van der Waals surface area contributed by atoms with Crippen molar-refractivity contribution >= 4 is 10.0 Å². The lowest BCUT2D eigenvalue weighted by atomic mass is 10.3. The van der Waals surface area contributed by atoms with Crippen LogP contribution in [-0.4, -0.2) is 48.8 Å². The Morgan fingerprint density at radius 1 is 1.09 bits per heavy atom. The maximum atomic E-state index is 12.3. The molecule has 0 amide bonds. The molecule has 2 N–H and O–H groups in total. The zero-order valence-corrected chi connectivity index (χ0v) is 14.6. The monoisotopic (exact) mass is 331 g/mol. The molecule has 126 valence electrons. The quantitative estimate of drug-likeness (QED) is 0.605. The van der Waals surface area contributed by atoms with Crippen LogP contribution in [0, 0.1) is 0 Å². The first-order chi connectivity index (χ1) is 10.5. The maximum absolute atomic E-state index is 12.3. The third-order valence-electron chi connectivity index (χ3n) is 3.66. The van der Waals surface area contributed by atoms with Crippen molar-refractivity contribution in [1.82, 2.24) is 4.72 Å². The second kappa shape index (κ2) is 8.97. The SMILES string of the molecule is CC[NH+](CC)CCCNS(=O)(=O)c1ccc(OC)c(OC)c1. The van der Waals surface area contributed by atoms with Gasteiger partial charge in [0.15, 0.2) is 11.5 Å². The standard InChI is InChI=1S/C15H26N2O4S/c1-5-17(6-2)11-7-10-16-22(18,19)13-8-9-14(20-3)15(12-13)21-4/h8-9,12,16H,5-7,10-11H2,1-4H3/p+1. The Balaban J connectivity index is 2.66. The average molecular weight is 331 g/mol. The molecule has 0 saturated heterocycles.